The molecule has 1 unspecified atom stereocenters. The number of aromatic nitrogens is 3. The zero-order valence-corrected chi connectivity index (χ0v) is 17.8. The van der Waals surface area contributed by atoms with Gasteiger partial charge in [0, 0.05) is 36.6 Å². The van der Waals surface area contributed by atoms with Crippen molar-refractivity contribution in [3.8, 4) is 11.8 Å². The third kappa shape index (κ3) is 3.67. The molecule has 1 aromatic carbocycles. The first kappa shape index (κ1) is 21.3. The molecule has 5 heterocycles. The van der Waals surface area contributed by atoms with Gasteiger partial charge >= 0.3 is 12.0 Å². The fourth-order valence-electron chi connectivity index (χ4n) is 5.13. The van der Waals surface area contributed by atoms with Gasteiger partial charge in [-0.2, -0.15) is 23.0 Å². The van der Waals surface area contributed by atoms with E-state index in [9.17, 15) is 17.6 Å². The molecule has 0 saturated carbocycles. The minimum Gasteiger partial charge on any atom is -0.491 e. The standard InChI is InChI=1S/C23H20F4N5O2/c24-14-1-2-15-17(5-28-21-16-4-20(23(25,26)27)31-22(16)30-11-29-21)18(10-34-19(15)3-14)32-6-12-8-33-9-13(12)7-32/h1-4,11-13,17-18H,6-10H2,(H,29,30,31)/q+1/t12-,13+,17?,18-/m0/s1. The van der Waals surface area contributed by atoms with E-state index in [0.717, 1.165) is 44.3 Å². The summed E-state index contributed by atoms with van der Waals surface area (Å²) >= 11 is 0. The Hall–Kier alpha value is -3.23. The topological polar surface area (TPSA) is 67.6 Å². The predicted octanol–water partition coefficient (Wildman–Crippen LogP) is 4.20. The van der Waals surface area contributed by atoms with Gasteiger partial charge in [0.25, 0.3) is 0 Å². The Labute approximate surface area is 191 Å². The summed E-state index contributed by atoms with van der Waals surface area (Å²) < 4.78 is 64.8. The van der Waals surface area contributed by atoms with Crippen molar-refractivity contribution in [2.24, 2.45) is 11.8 Å². The van der Waals surface area contributed by atoms with Gasteiger partial charge in [-0.3, -0.25) is 4.90 Å². The van der Waals surface area contributed by atoms with Crippen LogP contribution in [-0.4, -0.2) is 58.8 Å². The minimum atomic E-state index is -4.54. The van der Waals surface area contributed by atoms with Crippen molar-refractivity contribution in [3.05, 3.63) is 52.5 Å². The fraction of sp³-hybridized carbons (Fsp3) is 0.435. The van der Waals surface area contributed by atoms with Gasteiger partial charge in [-0.1, -0.05) is 6.07 Å². The Bertz CT molecular complexity index is 1300. The molecule has 2 saturated heterocycles. The van der Waals surface area contributed by atoms with Crippen molar-refractivity contribution in [1.82, 2.24) is 19.9 Å². The molecule has 11 heteroatoms. The van der Waals surface area contributed by atoms with E-state index < -0.39 is 17.7 Å². The number of nitrogens with one attached hydrogen (secondary N) is 1. The molecule has 0 aliphatic carbocycles. The number of benzene rings is 1. The Balaban J connectivity index is 1.39. The van der Waals surface area contributed by atoms with Crippen LogP contribution in [0, 0.1) is 23.7 Å². The van der Waals surface area contributed by atoms with Crippen molar-refractivity contribution in [2.45, 2.75) is 18.1 Å². The summed E-state index contributed by atoms with van der Waals surface area (Å²) in [5.74, 6) is 0.613. The number of hydrogen-bond acceptors (Lipinski definition) is 5. The van der Waals surface area contributed by atoms with E-state index >= 15 is 0 Å². The fourth-order valence-corrected chi connectivity index (χ4v) is 5.13. The summed E-state index contributed by atoms with van der Waals surface area (Å²) in [6.07, 6.45) is -3.39. The Kier molecular flexibility index (Phi) is 4.97. The number of aromatic amines is 1. The van der Waals surface area contributed by atoms with E-state index in [1.54, 1.807) is 6.07 Å². The minimum absolute atomic E-state index is 0.0428. The van der Waals surface area contributed by atoms with Crippen LogP contribution in [-0.2, 0) is 10.9 Å². The summed E-state index contributed by atoms with van der Waals surface area (Å²) in [6, 6.07) is 8.29. The van der Waals surface area contributed by atoms with Crippen LogP contribution in [0.5, 0.6) is 5.75 Å². The number of nitrogens with zero attached hydrogens (tertiary/aromatic N) is 4. The maximum absolute atomic E-state index is 13.8. The number of halogens is 4. The van der Waals surface area contributed by atoms with Crippen LogP contribution in [0.3, 0.4) is 0 Å². The van der Waals surface area contributed by atoms with Crippen LogP contribution >= 0.6 is 0 Å². The van der Waals surface area contributed by atoms with E-state index in [1.807, 2.05) is 0 Å². The van der Waals surface area contributed by atoms with Crippen molar-refractivity contribution in [3.63, 3.8) is 0 Å². The maximum atomic E-state index is 13.8. The predicted molar refractivity (Wildman–Crippen MR) is 114 cm³/mol. The number of alkyl halides is 3. The molecule has 34 heavy (non-hydrogen) atoms. The summed E-state index contributed by atoms with van der Waals surface area (Å²) in [5, 5.41) is 0.151. The smallest absolute Gasteiger partial charge is 0.438 e. The molecule has 0 spiro atoms. The van der Waals surface area contributed by atoms with Crippen LogP contribution in [0.4, 0.5) is 23.4 Å². The SMILES string of the molecule is Fc1ccc2c(c1)OC[C@H](N1C[C@H]3COC[C@H]3C1)C2C#[N+]c1ncnc2[nH]c(C(F)(F)F)cc12. The van der Waals surface area contributed by atoms with Gasteiger partial charge in [0.15, 0.2) is 11.7 Å². The lowest BCUT2D eigenvalue weighted by Gasteiger charge is -2.35. The van der Waals surface area contributed by atoms with Gasteiger partial charge < -0.3 is 14.5 Å². The molecular weight excluding hydrogens is 454 g/mol. The Morgan fingerprint density at radius 3 is 2.65 bits per heavy atom. The highest BCUT2D eigenvalue weighted by Crippen LogP contribution is 2.40. The van der Waals surface area contributed by atoms with Crippen LogP contribution in [0.1, 0.15) is 17.2 Å². The molecule has 6 rings (SSSR count). The second-order valence-corrected chi connectivity index (χ2v) is 8.93. The maximum Gasteiger partial charge on any atom is 0.438 e. The van der Waals surface area contributed by atoms with E-state index in [-0.39, 0.29) is 28.8 Å². The molecule has 1 N–H and O–H groups in total. The lowest BCUT2D eigenvalue weighted by atomic mass is 9.89. The van der Waals surface area contributed by atoms with Crippen molar-refractivity contribution >= 4 is 16.9 Å². The molecule has 3 aliphatic rings. The zero-order valence-electron chi connectivity index (χ0n) is 17.8. The van der Waals surface area contributed by atoms with Gasteiger partial charge in [-0.15, -0.1) is 0 Å². The summed E-state index contributed by atoms with van der Waals surface area (Å²) in [7, 11) is 0. The molecule has 7 nitrogen and oxygen atoms in total. The summed E-state index contributed by atoms with van der Waals surface area (Å²) in [6.45, 7) is 3.47. The average molecular weight is 474 g/mol. The molecule has 0 bridgehead atoms. The van der Waals surface area contributed by atoms with E-state index in [1.165, 1.54) is 12.1 Å². The van der Waals surface area contributed by atoms with Crippen LogP contribution in [0.2, 0.25) is 0 Å². The molecule has 0 radical (unpaired) electrons. The lowest BCUT2D eigenvalue weighted by molar-refractivity contribution is -0.140. The number of likely N-dealkylation sites (tertiary alicyclic amines) is 1. The number of rotatable bonds is 1. The highest BCUT2D eigenvalue weighted by molar-refractivity contribution is 5.88. The van der Waals surface area contributed by atoms with E-state index in [0.29, 0.717) is 24.2 Å². The average Bonchev–Trinajstić information content (AvgIpc) is 3.51. The second-order valence-electron chi connectivity index (χ2n) is 8.93. The van der Waals surface area contributed by atoms with Crippen molar-refractivity contribution in [1.29, 1.82) is 0 Å². The number of fused-ring (bicyclic) bond motifs is 3. The van der Waals surface area contributed by atoms with Gasteiger partial charge in [0.05, 0.1) is 19.3 Å². The largest absolute Gasteiger partial charge is 0.491 e. The first-order valence-corrected chi connectivity index (χ1v) is 11.0. The second kappa shape index (κ2) is 7.92. The molecule has 2 fully saturated rings. The number of ether oxygens (including phenoxy) is 2. The normalized spacial score (nSPS) is 26.6. The molecule has 4 atom stereocenters. The van der Waals surface area contributed by atoms with Crippen LogP contribution < -0.4 is 4.74 Å². The molecule has 2 aromatic heterocycles. The first-order valence-electron chi connectivity index (χ1n) is 11.0. The first-order chi connectivity index (χ1) is 16.4. The molecular formula is C23H20F4N5O2+. The highest BCUT2D eigenvalue weighted by Gasteiger charge is 2.44. The van der Waals surface area contributed by atoms with Crippen molar-refractivity contribution in [2.75, 3.05) is 32.9 Å². The molecule has 176 valence electrons. The molecule has 3 aliphatic heterocycles. The third-order valence-electron chi connectivity index (χ3n) is 6.86. The zero-order chi connectivity index (χ0) is 23.4. The van der Waals surface area contributed by atoms with Crippen LogP contribution in [0.15, 0.2) is 30.6 Å². The highest BCUT2D eigenvalue weighted by atomic mass is 19.4. The Morgan fingerprint density at radius 2 is 1.88 bits per heavy atom. The van der Waals surface area contributed by atoms with Crippen molar-refractivity contribution < 1.29 is 27.0 Å². The van der Waals surface area contributed by atoms with Gasteiger partial charge in [0.1, 0.15) is 35.2 Å². The van der Waals surface area contributed by atoms with Gasteiger partial charge in [-0.25, -0.2) is 4.39 Å². The van der Waals surface area contributed by atoms with E-state index in [2.05, 4.69) is 30.8 Å². The Morgan fingerprint density at radius 1 is 1.09 bits per heavy atom. The lowest BCUT2D eigenvalue weighted by Crippen LogP contribution is -2.45. The number of hydrogen-bond donors (Lipinski definition) is 1. The summed E-state index contributed by atoms with van der Waals surface area (Å²) in [4.78, 5) is 16.9. The molecule has 0 amide bonds. The van der Waals surface area contributed by atoms with Crippen LogP contribution in [0.25, 0.3) is 15.9 Å². The monoisotopic (exact) mass is 474 g/mol. The number of H-pyrrole nitrogens is 1. The van der Waals surface area contributed by atoms with E-state index in [4.69, 9.17) is 9.47 Å². The van der Waals surface area contributed by atoms with Gasteiger partial charge in [-0.05, 0) is 17.1 Å². The quantitative estimate of drug-likeness (QED) is 0.536. The molecule has 3 aromatic rings. The van der Waals surface area contributed by atoms with Gasteiger partial charge in [0.2, 0.25) is 6.33 Å². The third-order valence-corrected chi connectivity index (χ3v) is 6.86. The summed E-state index contributed by atoms with van der Waals surface area (Å²) in [5.41, 5.74) is -0.152.